The molecule has 2 fully saturated rings. The monoisotopic (exact) mass is 326 g/mol. The van der Waals surface area contributed by atoms with Crippen molar-refractivity contribution in [2.24, 2.45) is 5.92 Å². The molecule has 0 radical (unpaired) electrons. The van der Waals surface area contributed by atoms with E-state index in [-0.39, 0.29) is 0 Å². The highest BCUT2D eigenvalue weighted by Crippen LogP contribution is 2.30. The molecule has 5 nitrogen and oxygen atoms in total. The van der Waals surface area contributed by atoms with Gasteiger partial charge in [0.15, 0.2) is 0 Å². The molecule has 0 aromatic carbocycles. The highest BCUT2D eigenvalue weighted by Gasteiger charge is 2.33. The molecule has 1 N–H and O–H groups in total. The van der Waals surface area contributed by atoms with E-state index in [4.69, 9.17) is 4.74 Å². The van der Waals surface area contributed by atoms with Gasteiger partial charge in [-0.05, 0) is 35.2 Å². The SMILES string of the molecule is CNc1nc(N2CC[C@H]3OCCC[C@@H]3C2)ncc1Br. The molecule has 0 saturated carbocycles. The summed E-state index contributed by atoms with van der Waals surface area (Å²) in [5.74, 6) is 2.29. The summed E-state index contributed by atoms with van der Waals surface area (Å²) >= 11 is 3.44. The van der Waals surface area contributed by atoms with Gasteiger partial charge in [-0.15, -0.1) is 0 Å². The van der Waals surface area contributed by atoms with Crippen LogP contribution in [0, 0.1) is 5.92 Å². The first kappa shape index (κ1) is 13.1. The zero-order chi connectivity index (χ0) is 13.2. The molecular formula is C13H19BrN4O. The van der Waals surface area contributed by atoms with E-state index in [1.807, 2.05) is 13.2 Å². The molecule has 3 heterocycles. The maximum atomic E-state index is 5.84. The molecule has 2 atom stereocenters. The molecule has 3 rings (SSSR count). The lowest BCUT2D eigenvalue weighted by Crippen LogP contribution is -2.46. The normalized spacial score (nSPS) is 26.9. The van der Waals surface area contributed by atoms with Gasteiger partial charge < -0.3 is 15.0 Å². The molecule has 1 aromatic heterocycles. The van der Waals surface area contributed by atoms with Crippen LogP contribution in [0.4, 0.5) is 11.8 Å². The van der Waals surface area contributed by atoms with Crippen molar-refractivity contribution in [2.45, 2.75) is 25.4 Å². The molecule has 2 aliphatic rings. The van der Waals surface area contributed by atoms with E-state index in [1.54, 1.807) is 0 Å². The van der Waals surface area contributed by atoms with Gasteiger partial charge in [0.1, 0.15) is 5.82 Å². The molecule has 2 saturated heterocycles. The summed E-state index contributed by atoms with van der Waals surface area (Å²) in [6.07, 6.45) is 5.79. The number of halogens is 1. The van der Waals surface area contributed by atoms with Crippen LogP contribution >= 0.6 is 15.9 Å². The molecular weight excluding hydrogens is 308 g/mol. The molecule has 19 heavy (non-hydrogen) atoms. The molecule has 0 unspecified atom stereocenters. The Morgan fingerprint density at radius 1 is 1.47 bits per heavy atom. The number of nitrogens with one attached hydrogen (secondary N) is 1. The van der Waals surface area contributed by atoms with E-state index in [1.165, 1.54) is 12.8 Å². The summed E-state index contributed by atoms with van der Waals surface area (Å²) < 4.78 is 6.74. The van der Waals surface area contributed by atoms with Gasteiger partial charge in [0, 0.05) is 38.9 Å². The fourth-order valence-electron chi connectivity index (χ4n) is 2.95. The first-order valence-corrected chi connectivity index (χ1v) is 7.64. The third-order valence-corrected chi connectivity index (χ3v) is 4.55. The highest BCUT2D eigenvalue weighted by atomic mass is 79.9. The molecule has 1 aromatic rings. The number of nitrogens with zero attached hydrogens (tertiary/aromatic N) is 3. The van der Waals surface area contributed by atoms with Crippen LogP contribution in [0.15, 0.2) is 10.7 Å². The molecule has 0 amide bonds. The highest BCUT2D eigenvalue weighted by molar-refractivity contribution is 9.10. The van der Waals surface area contributed by atoms with Crippen LogP contribution in [0.25, 0.3) is 0 Å². The Balaban J connectivity index is 1.75. The van der Waals surface area contributed by atoms with Gasteiger partial charge in [-0.25, -0.2) is 4.98 Å². The van der Waals surface area contributed by atoms with E-state index in [2.05, 4.69) is 36.1 Å². The summed E-state index contributed by atoms with van der Waals surface area (Å²) in [7, 11) is 1.87. The van der Waals surface area contributed by atoms with Crippen molar-refractivity contribution in [2.75, 3.05) is 37.0 Å². The Bertz CT molecular complexity index is 456. The van der Waals surface area contributed by atoms with Gasteiger partial charge in [0.2, 0.25) is 5.95 Å². The van der Waals surface area contributed by atoms with Crippen LogP contribution < -0.4 is 10.2 Å². The minimum Gasteiger partial charge on any atom is -0.378 e. The number of hydrogen-bond acceptors (Lipinski definition) is 5. The van der Waals surface area contributed by atoms with E-state index < -0.39 is 0 Å². The quantitative estimate of drug-likeness (QED) is 0.903. The van der Waals surface area contributed by atoms with Gasteiger partial charge in [-0.1, -0.05) is 0 Å². The number of fused-ring (bicyclic) bond motifs is 1. The van der Waals surface area contributed by atoms with Crippen molar-refractivity contribution in [1.29, 1.82) is 0 Å². The van der Waals surface area contributed by atoms with Crippen LogP contribution in [-0.4, -0.2) is 42.8 Å². The van der Waals surface area contributed by atoms with Gasteiger partial charge >= 0.3 is 0 Å². The third-order valence-electron chi connectivity index (χ3n) is 3.97. The molecule has 6 heteroatoms. The van der Waals surface area contributed by atoms with Crippen molar-refractivity contribution in [3.8, 4) is 0 Å². The Kier molecular flexibility index (Phi) is 3.88. The van der Waals surface area contributed by atoms with Crippen LogP contribution in [0.2, 0.25) is 0 Å². The molecule has 104 valence electrons. The average molecular weight is 327 g/mol. The molecule has 0 aliphatic carbocycles. The number of aromatic nitrogens is 2. The fraction of sp³-hybridized carbons (Fsp3) is 0.692. The number of hydrogen-bond donors (Lipinski definition) is 1. The summed E-state index contributed by atoms with van der Waals surface area (Å²) in [5.41, 5.74) is 0. The zero-order valence-electron chi connectivity index (χ0n) is 11.1. The zero-order valence-corrected chi connectivity index (χ0v) is 12.7. The van der Waals surface area contributed by atoms with Crippen molar-refractivity contribution in [3.63, 3.8) is 0 Å². The Morgan fingerprint density at radius 3 is 3.21 bits per heavy atom. The molecule has 2 aliphatic heterocycles. The van der Waals surface area contributed by atoms with E-state index in [0.717, 1.165) is 42.4 Å². The lowest BCUT2D eigenvalue weighted by Gasteiger charge is -2.41. The summed E-state index contributed by atoms with van der Waals surface area (Å²) in [6, 6.07) is 0. The number of piperidine rings is 1. The second kappa shape index (κ2) is 5.63. The van der Waals surface area contributed by atoms with Crippen LogP contribution in [0.3, 0.4) is 0 Å². The standard InChI is InChI=1S/C13H19BrN4O/c1-15-12-10(14)7-16-13(17-12)18-5-4-11-9(8-18)3-2-6-19-11/h7,9,11H,2-6,8H2,1H3,(H,15,16,17)/t9-,11-/m1/s1. The van der Waals surface area contributed by atoms with Gasteiger partial charge in [-0.3, -0.25) is 0 Å². The van der Waals surface area contributed by atoms with Crippen molar-refractivity contribution < 1.29 is 4.74 Å². The summed E-state index contributed by atoms with van der Waals surface area (Å²) in [5, 5.41) is 3.08. The number of rotatable bonds is 2. The fourth-order valence-corrected chi connectivity index (χ4v) is 3.34. The maximum absolute atomic E-state index is 5.84. The summed E-state index contributed by atoms with van der Waals surface area (Å²) in [4.78, 5) is 11.3. The minimum atomic E-state index is 0.448. The molecule has 0 bridgehead atoms. The minimum absolute atomic E-state index is 0.448. The number of anilines is 2. The van der Waals surface area contributed by atoms with E-state index in [9.17, 15) is 0 Å². The van der Waals surface area contributed by atoms with Gasteiger partial charge in [-0.2, -0.15) is 4.98 Å². The second-order valence-corrected chi connectivity index (χ2v) is 6.02. The average Bonchev–Trinajstić information content (AvgIpc) is 2.47. The topological polar surface area (TPSA) is 50.3 Å². The maximum Gasteiger partial charge on any atom is 0.227 e. The predicted molar refractivity (Wildman–Crippen MR) is 78.6 cm³/mol. The Labute approximate surface area is 121 Å². The van der Waals surface area contributed by atoms with Crippen molar-refractivity contribution in [3.05, 3.63) is 10.7 Å². The number of ether oxygens (including phenoxy) is 1. The Hall–Kier alpha value is -0.880. The van der Waals surface area contributed by atoms with Crippen LogP contribution in [-0.2, 0) is 4.74 Å². The van der Waals surface area contributed by atoms with E-state index in [0.29, 0.717) is 12.0 Å². The van der Waals surface area contributed by atoms with Crippen LogP contribution in [0.5, 0.6) is 0 Å². The lowest BCUT2D eigenvalue weighted by molar-refractivity contribution is -0.0359. The summed E-state index contributed by atoms with van der Waals surface area (Å²) in [6.45, 7) is 2.92. The first-order chi connectivity index (χ1) is 9.28. The van der Waals surface area contributed by atoms with Gasteiger partial charge in [0.25, 0.3) is 0 Å². The lowest BCUT2D eigenvalue weighted by atomic mass is 9.89. The predicted octanol–water partition coefficient (Wildman–Crippen LogP) is 2.29. The third kappa shape index (κ3) is 2.69. The Morgan fingerprint density at radius 2 is 2.37 bits per heavy atom. The smallest absolute Gasteiger partial charge is 0.227 e. The largest absolute Gasteiger partial charge is 0.378 e. The van der Waals surface area contributed by atoms with Gasteiger partial charge in [0.05, 0.1) is 10.6 Å². The van der Waals surface area contributed by atoms with Crippen LogP contribution in [0.1, 0.15) is 19.3 Å². The van der Waals surface area contributed by atoms with Crippen molar-refractivity contribution >= 4 is 27.7 Å². The van der Waals surface area contributed by atoms with Crippen molar-refractivity contribution in [1.82, 2.24) is 9.97 Å². The molecule has 0 spiro atoms. The van der Waals surface area contributed by atoms with E-state index >= 15 is 0 Å². The second-order valence-electron chi connectivity index (χ2n) is 5.16. The first-order valence-electron chi connectivity index (χ1n) is 6.85.